The van der Waals surface area contributed by atoms with Crippen molar-refractivity contribution in [2.45, 2.75) is 0 Å². The summed E-state index contributed by atoms with van der Waals surface area (Å²) in [5.74, 6) is -0.423. The van der Waals surface area contributed by atoms with Crippen LogP contribution in [0.3, 0.4) is 0 Å². The average molecular weight is 337 g/mol. The van der Waals surface area contributed by atoms with Crippen molar-refractivity contribution in [3.8, 4) is 6.07 Å². The van der Waals surface area contributed by atoms with Crippen LogP contribution < -0.4 is 5.32 Å². The van der Waals surface area contributed by atoms with Crippen LogP contribution in [0.1, 0.15) is 5.56 Å². The minimum atomic E-state index is -0.423. The molecule has 26 heavy (non-hydrogen) atoms. The smallest absolute Gasteiger partial charge is 0.266 e. The van der Waals surface area contributed by atoms with Crippen molar-refractivity contribution < 1.29 is 4.79 Å². The average Bonchev–Trinajstić information content (AvgIpc) is 3.09. The van der Waals surface area contributed by atoms with Gasteiger partial charge in [0.05, 0.1) is 0 Å². The van der Waals surface area contributed by atoms with Crippen LogP contribution in [-0.4, -0.2) is 10.9 Å². The third kappa shape index (κ3) is 2.94. The SMILES string of the molecule is N#CC(=Cc1c[nH]c2ccccc12)C(=O)Nc1ccc2ccccc2c1. The lowest BCUT2D eigenvalue weighted by Gasteiger charge is -2.06. The van der Waals surface area contributed by atoms with Crippen LogP contribution in [0.25, 0.3) is 27.8 Å². The van der Waals surface area contributed by atoms with Crippen molar-refractivity contribution in [2.75, 3.05) is 5.32 Å². The minimum absolute atomic E-state index is 0.0583. The molecule has 0 unspecified atom stereocenters. The summed E-state index contributed by atoms with van der Waals surface area (Å²) in [7, 11) is 0. The van der Waals surface area contributed by atoms with Gasteiger partial charge in [0, 0.05) is 28.4 Å². The topological polar surface area (TPSA) is 68.7 Å². The van der Waals surface area contributed by atoms with Gasteiger partial charge in [-0.25, -0.2) is 0 Å². The van der Waals surface area contributed by atoms with Gasteiger partial charge in [-0.05, 0) is 35.0 Å². The molecule has 1 aromatic heterocycles. The Morgan fingerprint density at radius 3 is 2.62 bits per heavy atom. The van der Waals surface area contributed by atoms with Gasteiger partial charge in [-0.3, -0.25) is 4.79 Å². The van der Waals surface area contributed by atoms with E-state index in [9.17, 15) is 10.1 Å². The van der Waals surface area contributed by atoms with Crippen LogP contribution in [0.15, 0.2) is 78.5 Å². The number of fused-ring (bicyclic) bond motifs is 2. The van der Waals surface area contributed by atoms with Gasteiger partial charge < -0.3 is 10.3 Å². The number of carbonyl (C=O) groups excluding carboxylic acids is 1. The zero-order valence-electron chi connectivity index (χ0n) is 13.9. The number of nitriles is 1. The first-order valence-electron chi connectivity index (χ1n) is 8.23. The number of aromatic amines is 1. The maximum atomic E-state index is 12.5. The van der Waals surface area contributed by atoms with E-state index in [1.807, 2.05) is 72.8 Å². The highest BCUT2D eigenvalue weighted by Crippen LogP contribution is 2.22. The van der Waals surface area contributed by atoms with Crippen LogP contribution in [0.2, 0.25) is 0 Å². The van der Waals surface area contributed by atoms with Gasteiger partial charge in [0.2, 0.25) is 0 Å². The number of para-hydroxylation sites is 1. The molecule has 0 aliphatic heterocycles. The summed E-state index contributed by atoms with van der Waals surface area (Å²) in [5, 5.41) is 15.3. The molecule has 124 valence electrons. The highest BCUT2D eigenvalue weighted by molar-refractivity contribution is 6.11. The first-order valence-corrected chi connectivity index (χ1v) is 8.23. The lowest BCUT2D eigenvalue weighted by atomic mass is 10.1. The number of amides is 1. The number of aromatic nitrogens is 1. The largest absolute Gasteiger partial charge is 0.361 e. The molecule has 2 N–H and O–H groups in total. The first-order chi connectivity index (χ1) is 12.7. The first kappa shape index (κ1) is 15.7. The van der Waals surface area contributed by atoms with Crippen molar-refractivity contribution in [1.82, 2.24) is 4.98 Å². The molecule has 1 amide bonds. The second kappa shape index (κ2) is 6.58. The van der Waals surface area contributed by atoms with E-state index in [1.54, 1.807) is 12.3 Å². The van der Waals surface area contributed by atoms with Gasteiger partial charge in [0.1, 0.15) is 11.6 Å². The highest BCUT2D eigenvalue weighted by atomic mass is 16.1. The van der Waals surface area contributed by atoms with Crippen LogP contribution >= 0.6 is 0 Å². The molecule has 4 rings (SSSR count). The van der Waals surface area contributed by atoms with Crippen molar-refractivity contribution in [3.05, 3.63) is 84.1 Å². The molecule has 3 aromatic carbocycles. The van der Waals surface area contributed by atoms with E-state index in [1.165, 1.54) is 0 Å². The zero-order valence-corrected chi connectivity index (χ0v) is 13.9. The van der Waals surface area contributed by atoms with Crippen LogP contribution in [-0.2, 0) is 4.79 Å². The molecule has 0 atom stereocenters. The van der Waals surface area contributed by atoms with Crippen LogP contribution in [0, 0.1) is 11.3 Å². The summed E-state index contributed by atoms with van der Waals surface area (Å²) >= 11 is 0. The van der Waals surface area contributed by atoms with Crippen molar-refractivity contribution >= 4 is 39.3 Å². The third-order valence-electron chi connectivity index (χ3n) is 4.29. The molecule has 4 nitrogen and oxygen atoms in total. The molecule has 0 fully saturated rings. The van der Waals surface area contributed by atoms with E-state index in [0.717, 1.165) is 27.2 Å². The summed E-state index contributed by atoms with van der Waals surface area (Å²) < 4.78 is 0. The van der Waals surface area contributed by atoms with Crippen molar-refractivity contribution in [2.24, 2.45) is 0 Å². The number of benzene rings is 3. The monoisotopic (exact) mass is 337 g/mol. The lowest BCUT2D eigenvalue weighted by Crippen LogP contribution is -2.13. The Hall–Kier alpha value is -3.84. The lowest BCUT2D eigenvalue weighted by molar-refractivity contribution is -0.112. The normalized spacial score (nSPS) is 11.4. The molecule has 0 spiro atoms. The Morgan fingerprint density at radius 2 is 1.77 bits per heavy atom. The number of nitrogens with zero attached hydrogens (tertiary/aromatic N) is 1. The summed E-state index contributed by atoms with van der Waals surface area (Å²) in [4.78, 5) is 15.7. The summed E-state index contributed by atoms with van der Waals surface area (Å²) in [6, 6.07) is 23.4. The Labute approximate surface area is 150 Å². The molecule has 0 bridgehead atoms. The highest BCUT2D eigenvalue weighted by Gasteiger charge is 2.11. The Balaban J connectivity index is 1.63. The Morgan fingerprint density at radius 1 is 1.00 bits per heavy atom. The van der Waals surface area contributed by atoms with E-state index < -0.39 is 5.91 Å². The van der Waals surface area contributed by atoms with Gasteiger partial charge in [-0.2, -0.15) is 5.26 Å². The number of rotatable bonds is 3. The molecule has 4 heteroatoms. The van der Waals surface area contributed by atoms with E-state index in [2.05, 4.69) is 10.3 Å². The fourth-order valence-electron chi connectivity index (χ4n) is 2.98. The van der Waals surface area contributed by atoms with Gasteiger partial charge in [0.15, 0.2) is 0 Å². The standard InChI is InChI=1S/C22H15N3O/c23-13-17(11-18-14-24-21-8-4-3-7-20(18)21)22(26)25-19-10-9-15-5-1-2-6-16(15)12-19/h1-12,14,24H,(H,25,26). The molecular formula is C22H15N3O. The fraction of sp³-hybridized carbons (Fsp3) is 0. The zero-order chi connectivity index (χ0) is 17.9. The molecule has 4 aromatic rings. The molecule has 0 aliphatic carbocycles. The molecule has 1 heterocycles. The molecule has 0 aliphatic rings. The number of anilines is 1. The van der Waals surface area contributed by atoms with Gasteiger partial charge in [-0.1, -0.05) is 48.5 Å². The van der Waals surface area contributed by atoms with Crippen LogP contribution in [0.5, 0.6) is 0 Å². The summed E-state index contributed by atoms with van der Waals surface area (Å²) in [6.45, 7) is 0. The molecule has 0 saturated heterocycles. The predicted molar refractivity (Wildman–Crippen MR) is 104 cm³/mol. The maximum Gasteiger partial charge on any atom is 0.266 e. The van der Waals surface area contributed by atoms with Gasteiger partial charge in [-0.15, -0.1) is 0 Å². The predicted octanol–water partition coefficient (Wildman–Crippen LogP) is 4.87. The second-order valence-electron chi connectivity index (χ2n) is 5.98. The fourth-order valence-corrected chi connectivity index (χ4v) is 2.98. The molecule has 0 saturated carbocycles. The van der Waals surface area contributed by atoms with Crippen molar-refractivity contribution in [3.63, 3.8) is 0 Å². The Kier molecular flexibility index (Phi) is 3.97. The third-order valence-corrected chi connectivity index (χ3v) is 4.29. The molecule has 0 radical (unpaired) electrons. The maximum absolute atomic E-state index is 12.5. The van der Waals surface area contributed by atoms with E-state index in [4.69, 9.17) is 0 Å². The number of H-pyrrole nitrogens is 1. The number of hydrogen-bond donors (Lipinski definition) is 2. The Bertz CT molecular complexity index is 1190. The van der Waals surface area contributed by atoms with E-state index in [-0.39, 0.29) is 5.57 Å². The second-order valence-corrected chi connectivity index (χ2v) is 5.98. The number of hydrogen-bond acceptors (Lipinski definition) is 2. The van der Waals surface area contributed by atoms with E-state index in [0.29, 0.717) is 5.69 Å². The van der Waals surface area contributed by atoms with Gasteiger partial charge in [0.25, 0.3) is 5.91 Å². The quantitative estimate of drug-likeness (QED) is 0.414. The van der Waals surface area contributed by atoms with Gasteiger partial charge >= 0.3 is 0 Å². The summed E-state index contributed by atoms with van der Waals surface area (Å²) in [6.07, 6.45) is 3.40. The van der Waals surface area contributed by atoms with E-state index >= 15 is 0 Å². The summed E-state index contributed by atoms with van der Waals surface area (Å²) in [5.41, 5.74) is 2.49. The molecular weight excluding hydrogens is 322 g/mol. The van der Waals surface area contributed by atoms with Crippen LogP contribution in [0.4, 0.5) is 5.69 Å². The number of carbonyl (C=O) groups is 1. The minimum Gasteiger partial charge on any atom is -0.361 e. The van der Waals surface area contributed by atoms with Crippen molar-refractivity contribution in [1.29, 1.82) is 5.26 Å². The number of nitrogens with one attached hydrogen (secondary N) is 2.